The van der Waals surface area contributed by atoms with E-state index >= 15 is 0 Å². The molecule has 7 nitrogen and oxygen atoms in total. The fraction of sp³-hybridized carbons (Fsp3) is 0.111. The van der Waals surface area contributed by atoms with Crippen LogP contribution in [-0.4, -0.2) is 24.0 Å². The van der Waals surface area contributed by atoms with Gasteiger partial charge in [0.15, 0.2) is 0 Å². The Labute approximate surface area is 97.1 Å². The molecule has 0 atom stereocenters. The van der Waals surface area contributed by atoms with Crippen molar-refractivity contribution in [3.63, 3.8) is 0 Å². The Balaban J connectivity index is 3.00. The third-order valence-corrected chi connectivity index (χ3v) is 2.63. The first-order valence-corrected chi connectivity index (χ1v) is 5.76. The van der Waals surface area contributed by atoms with Gasteiger partial charge in [-0.25, -0.2) is 0 Å². The normalized spacial score (nSPS) is 10.6. The van der Waals surface area contributed by atoms with Gasteiger partial charge in [-0.15, -0.1) is 0 Å². The van der Waals surface area contributed by atoms with E-state index in [0.717, 1.165) is 18.2 Å². The maximum atomic E-state index is 11.0. The van der Waals surface area contributed by atoms with Crippen LogP contribution in [0.25, 0.3) is 0 Å². The van der Waals surface area contributed by atoms with Crippen molar-refractivity contribution < 1.29 is 22.9 Å². The van der Waals surface area contributed by atoms with Crippen molar-refractivity contribution in [2.45, 2.75) is 11.3 Å². The molecule has 1 amide bonds. The van der Waals surface area contributed by atoms with Crippen LogP contribution >= 0.6 is 0 Å². The molecular weight excluding hydrogens is 248 g/mol. The maximum Gasteiger partial charge on any atom is 0.294 e. The minimum absolute atomic E-state index is 0.0438. The molecule has 0 bridgehead atoms. The van der Waals surface area contributed by atoms with Gasteiger partial charge in [-0.05, 0) is 12.1 Å². The van der Waals surface area contributed by atoms with Gasteiger partial charge in [0, 0.05) is 6.07 Å². The van der Waals surface area contributed by atoms with Gasteiger partial charge in [-0.3, -0.25) is 9.35 Å². The Morgan fingerprint density at radius 3 is 2.59 bits per heavy atom. The summed E-state index contributed by atoms with van der Waals surface area (Å²) in [7, 11) is -4.41. The monoisotopic (exact) mass is 256 g/mol. The van der Waals surface area contributed by atoms with Gasteiger partial charge in [-0.1, -0.05) is 0 Å². The molecule has 0 aliphatic carbocycles. The SMILES string of the molecule is N#CCC(=O)Nc1ccc(S(=O)(=O)O)cc1O. The molecule has 0 heterocycles. The highest BCUT2D eigenvalue weighted by molar-refractivity contribution is 7.85. The Morgan fingerprint density at radius 1 is 1.47 bits per heavy atom. The summed E-state index contributed by atoms with van der Waals surface area (Å²) < 4.78 is 30.2. The number of nitriles is 1. The Hall–Kier alpha value is -2.11. The van der Waals surface area contributed by atoms with E-state index in [9.17, 15) is 18.3 Å². The Kier molecular flexibility index (Phi) is 3.67. The van der Waals surface area contributed by atoms with Crippen molar-refractivity contribution in [3.05, 3.63) is 18.2 Å². The molecule has 8 heteroatoms. The molecule has 90 valence electrons. The van der Waals surface area contributed by atoms with Gasteiger partial charge in [0.1, 0.15) is 12.2 Å². The molecule has 0 aromatic heterocycles. The summed E-state index contributed by atoms with van der Waals surface area (Å²) in [5.74, 6) is -1.16. The lowest BCUT2D eigenvalue weighted by Gasteiger charge is -2.06. The Morgan fingerprint density at radius 2 is 2.12 bits per heavy atom. The summed E-state index contributed by atoms with van der Waals surface area (Å²) in [4.78, 5) is 10.5. The molecule has 0 spiro atoms. The third-order valence-electron chi connectivity index (χ3n) is 1.78. The quantitative estimate of drug-likeness (QED) is 0.533. The topological polar surface area (TPSA) is 127 Å². The van der Waals surface area contributed by atoms with Crippen LogP contribution in [0.1, 0.15) is 6.42 Å². The lowest BCUT2D eigenvalue weighted by atomic mass is 10.3. The number of carbonyl (C=O) groups excluding carboxylic acids is 1. The predicted octanol–water partition coefficient (Wildman–Crippen LogP) is 0.491. The van der Waals surface area contributed by atoms with E-state index in [1.807, 2.05) is 0 Å². The van der Waals surface area contributed by atoms with Crippen LogP contribution in [0.2, 0.25) is 0 Å². The number of rotatable bonds is 3. The zero-order chi connectivity index (χ0) is 13.1. The van der Waals surface area contributed by atoms with Crippen molar-refractivity contribution in [1.29, 1.82) is 5.26 Å². The number of hydrogen-bond acceptors (Lipinski definition) is 5. The first-order valence-electron chi connectivity index (χ1n) is 4.32. The fourth-order valence-electron chi connectivity index (χ4n) is 1.04. The van der Waals surface area contributed by atoms with Crippen molar-refractivity contribution in [2.75, 3.05) is 5.32 Å². The molecule has 0 saturated carbocycles. The zero-order valence-electron chi connectivity index (χ0n) is 8.41. The van der Waals surface area contributed by atoms with Crippen molar-refractivity contribution in [2.24, 2.45) is 0 Å². The molecule has 17 heavy (non-hydrogen) atoms. The second-order valence-corrected chi connectivity index (χ2v) is 4.46. The first kappa shape index (κ1) is 13.0. The zero-order valence-corrected chi connectivity index (χ0v) is 9.23. The van der Waals surface area contributed by atoms with E-state index < -0.39 is 26.7 Å². The highest BCUT2D eigenvalue weighted by Gasteiger charge is 2.13. The van der Waals surface area contributed by atoms with Crippen molar-refractivity contribution >= 4 is 21.7 Å². The molecule has 3 N–H and O–H groups in total. The summed E-state index contributed by atoms with van der Waals surface area (Å²) in [5.41, 5.74) is -0.0438. The summed E-state index contributed by atoms with van der Waals surface area (Å²) in [6.07, 6.45) is -0.389. The third kappa shape index (κ3) is 3.44. The minimum atomic E-state index is -4.41. The van der Waals surface area contributed by atoms with Crippen LogP contribution in [-0.2, 0) is 14.9 Å². The predicted molar refractivity (Wildman–Crippen MR) is 56.8 cm³/mol. The van der Waals surface area contributed by atoms with Crippen LogP contribution in [0.4, 0.5) is 5.69 Å². The molecule has 0 unspecified atom stereocenters. The van der Waals surface area contributed by atoms with Gasteiger partial charge in [0.05, 0.1) is 16.7 Å². The standard InChI is InChI=1S/C9H8N2O5S/c10-4-3-9(13)11-7-2-1-6(5-8(7)12)17(14,15)16/h1-2,5,12H,3H2,(H,11,13)(H,14,15,16). The number of nitrogens with one attached hydrogen (secondary N) is 1. The summed E-state index contributed by atoms with van der Waals surface area (Å²) in [6.45, 7) is 0. The molecular formula is C9H8N2O5S. The number of phenolic OH excluding ortho intramolecular Hbond substituents is 1. The number of benzene rings is 1. The average molecular weight is 256 g/mol. The fourth-order valence-corrected chi connectivity index (χ4v) is 1.54. The second-order valence-electron chi connectivity index (χ2n) is 3.04. The molecule has 1 rings (SSSR count). The smallest absolute Gasteiger partial charge is 0.294 e. The average Bonchev–Trinajstić information content (AvgIpc) is 2.20. The number of aromatic hydroxyl groups is 1. The summed E-state index contributed by atoms with van der Waals surface area (Å²) in [6, 6.07) is 4.52. The highest BCUT2D eigenvalue weighted by Crippen LogP contribution is 2.26. The molecule has 0 radical (unpaired) electrons. The van der Waals surface area contributed by atoms with Crippen molar-refractivity contribution in [1.82, 2.24) is 0 Å². The first-order chi connectivity index (χ1) is 7.84. The molecule has 1 aromatic rings. The molecule has 1 aromatic carbocycles. The van der Waals surface area contributed by atoms with Gasteiger partial charge < -0.3 is 10.4 Å². The van der Waals surface area contributed by atoms with Gasteiger partial charge in [-0.2, -0.15) is 13.7 Å². The highest BCUT2D eigenvalue weighted by atomic mass is 32.2. The van der Waals surface area contributed by atoms with Crippen LogP contribution < -0.4 is 5.32 Å². The van der Waals surface area contributed by atoms with Gasteiger partial charge >= 0.3 is 0 Å². The molecule has 0 aliphatic heterocycles. The molecule has 0 saturated heterocycles. The van der Waals surface area contributed by atoms with Gasteiger partial charge in [0.2, 0.25) is 5.91 Å². The van der Waals surface area contributed by atoms with E-state index in [1.54, 1.807) is 6.07 Å². The largest absolute Gasteiger partial charge is 0.506 e. The van der Waals surface area contributed by atoms with Crippen LogP contribution in [0.5, 0.6) is 5.75 Å². The lowest BCUT2D eigenvalue weighted by Crippen LogP contribution is -2.10. The molecule has 0 fully saturated rings. The van der Waals surface area contributed by atoms with Crippen LogP contribution in [0, 0.1) is 11.3 Å². The van der Waals surface area contributed by atoms with Gasteiger partial charge in [0.25, 0.3) is 10.1 Å². The minimum Gasteiger partial charge on any atom is -0.506 e. The number of nitrogens with zero attached hydrogens (tertiary/aromatic N) is 1. The summed E-state index contributed by atoms with van der Waals surface area (Å²) >= 11 is 0. The van der Waals surface area contributed by atoms with Crippen LogP contribution in [0.3, 0.4) is 0 Å². The second kappa shape index (κ2) is 4.82. The van der Waals surface area contributed by atoms with Crippen molar-refractivity contribution in [3.8, 4) is 11.8 Å². The van der Waals surface area contributed by atoms with Crippen LogP contribution in [0.15, 0.2) is 23.1 Å². The Bertz CT molecular complexity index is 588. The van der Waals surface area contributed by atoms with E-state index in [1.165, 1.54) is 0 Å². The number of anilines is 1. The van der Waals surface area contributed by atoms with E-state index in [2.05, 4.69) is 5.32 Å². The van der Waals surface area contributed by atoms with E-state index in [-0.39, 0.29) is 12.1 Å². The number of amides is 1. The number of phenols is 1. The summed E-state index contributed by atoms with van der Waals surface area (Å²) in [5, 5.41) is 19.8. The molecule has 0 aliphatic rings. The van der Waals surface area contributed by atoms with E-state index in [0.29, 0.717) is 0 Å². The maximum absolute atomic E-state index is 11.0. The number of carbonyl (C=O) groups is 1. The van der Waals surface area contributed by atoms with E-state index in [4.69, 9.17) is 9.81 Å². The lowest BCUT2D eigenvalue weighted by molar-refractivity contribution is -0.115. The number of hydrogen-bond donors (Lipinski definition) is 3.